The van der Waals surface area contributed by atoms with Crippen molar-refractivity contribution < 1.29 is 4.74 Å². The molecule has 0 saturated carbocycles. The van der Waals surface area contributed by atoms with Crippen molar-refractivity contribution in [2.75, 3.05) is 32.0 Å². The molecular formula is C27H30N8OS2. The van der Waals surface area contributed by atoms with Crippen molar-refractivity contribution in [3.8, 4) is 17.0 Å². The molecule has 0 N–H and O–H groups in total. The second-order valence-electron chi connectivity index (χ2n) is 9.35. The van der Waals surface area contributed by atoms with Crippen LogP contribution >= 0.6 is 23.1 Å². The third-order valence-corrected chi connectivity index (χ3v) is 8.50. The van der Waals surface area contributed by atoms with Crippen molar-refractivity contribution in [1.82, 2.24) is 39.5 Å². The molecule has 38 heavy (non-hydrogen) atoms. The molecule has 0 atom stereocenters. The Kier molecular flexibility index (Phi) is 7.66. The van der Waals surface area contributed by atoms with Crippen LogP contribution in [0.5, 0.6) is 5.75 Å². The van der Waals surface area contributed by atoms with Crippen molar-refractivity contribution in [2.45, 2.75) is 37.1 Å². The summed E-state index contributed by atoms with van der Waals surface area (Å²) < 4.78 is 10.8. The summed E-state index contributed by atoms with van der Waals surface area (Å²) in [6, 6.07) is 14.3. The average Bonchev–Trinajstić information content (AvgIpc) is 3.73. The van der Waals surface area contributed by atoms with Gasteiger partial charge in [0.1, 0.15) is 17.4 Å². The third-order valence-electron chi connectivity index (χ3n) is 6.55. The summed E-state index contributed by atoms with van der Waals surface area (Å²) in [5.41, 5.74) is 3.97. The summed E-state index contributed by atoms with van der Waals surface area (Å²) >= 11 is 3.33. The minimum atomic E-state index is 0.663. The number of rotatable bonds is 11. The molecule has 1 aliphatic rings. The lowest BCUT2D eigenvalue weighted by Gasteiger charge is -2.14. The largest absolute Gasteiger partial charge is 0.492 e. The van der Waals surface area contributed by atoms with Gasteiger partial charge in [0, 0.05) is 30.5 Å². The number of likely N-dealkylation sites (tertiary alicyclic amines) is 1. The average molecular weight is 547 g/mol. The molecule has 5 aromatic rings. The van der Waals surface area contributed by atoms with Gasteiger partial charge in [-0.15, -0.1) is 10.2 Å². The lowest BCUT2D eigenvalue weighted by atomic mass is 10.1. The van der Waals surface area contributed by atoms with E-state index in [1.165, 1.54) is 25.9 Å². The predicted molar refractivity (Wildman–Crippen MR) is 150 cm³/mol. The highest BCUT2D eigenvalue weighted by molar-refractivity contribution is 8.01. The zero-order valence-electron chi connectivity index (χ0n) is 21.4. The van der Waals surface area contributed by atoms with Gasteiger partial charge in [0.15, 0.2) is 15.8 Å². The van der Waals surface area contributed by atoms with E-state index in [0.717, 1.165) is 68.8 Å². The van der Waals surface area contributed by atoms with Crippen molar-refractivity contribution in [3.63, 3.8) is 0 Å². The van der Waals surface area contributed by atoms with E-state index in [4.69, 9.17) is 14.8 Å². The number of fused-ring (bicyclic) bond motifs is 1. The maximum atomic E-state index is 5.94. The molecule has 0 spiro atoms. The second kappa shape index (κ2) is 11.6. The van der Waals surface area contributed by atoms with Crippen LogP contribution in [0.3, 0.4) is 0 Å². The molecule has 6 rings (SSSR count). The lowest BCUT2D eigenvalue weighted by Crippen LogP contribution is -2.25. The Morgan fingerprint density at radius 3 is 2.71 bits per heavy atom. The van der Waals surface area contributed by atoms with Crippen LogP contribution in [0.25, 0.3) is 16.9 Å². The standard InChI is InChI=1S/C27H30N8OS2/c1-20-30-31-27(38-20)37-16-14-34-19-22(18-28-34)24-5-4-6-26-29-25(32-35(24)26)17-21-7-9-23(10-8-21)36-15-13-33-11-2-3-12-33/h4-10,18-19H,2-3,11-17H2,1H3. The molecule has 4 aromatic heterocycles. The SMILES string of the molecule is Cc1nnc(SCCn2cc(-c3cccc4nc(Cc5ccc(OCCN6CCCC6)cc5)nn34)cn2)s1. The number of pyridine rings is 1. The van der Waals surface area contributed by atoms with E-state index in [1.54, 1.807) is 23.1 Å². The summed E-state index contributed by atoms with van der Waals surface area (Å²) in [7, 11) is 0. The molecule has 11 heteroatoms. The molecule has 0 unspecified atom stereocenters. The van der Waals surface area contributed by atoms with Crippen molar-refractivity contribution >= 4 is 28.7 Å². The summed E-state index contributed by atoms with van der Waals surface area (Å²) in [5, 5.41) is 18.6. The smallest absolute Gasteiger partial charge is 0.174 e. The van der Waals surface area contributed by atoms with Crippen molar-refractivity contribution in [1.29, 1.82) is 0 Å². The predicted octanol–water partition coefficient (Wildman–Crippen LogP) is 4.61. The lowest BCUT2D eigenvalue weighted by molar-refractivity contribution is 0.238. The van der Waals surface area contributed by atoms with Gasteiger partial charge >= 0.3 is 0 Å². The van der Waals surface area contributed by atoms with Gasteiger partial charge < -0.3 is 4.74 Å². The van der Waals surface area contributed by atoms with E-state index in [9.17, 15) is 0 Å². The Balaban J connectivity index is 1.08. The minimum absolute atomic E-state index is 0.663. The normalized spacial score (nSPS) is 14.0. The van der Waals surface area contributed by atoms with E-state index in [1.807, 2.05) is 46.6 Å². The number of nitrogens with zero attached hydrogens (tertiary/aromatic N) is 8. The van der Waals surface area contributed by atoms with Gasteiger partial charge in [-0.2, -0.15) is 10.2 Å². The number of aromatic nitrogens is 7. The molecule has 5 heterocycles. The minimum Gasteiger partial charge on any atom is -0.492 e. The molecule has 1 aliphatic heterocycles. The number of thioether (sulfide) groups is 1. The number of ether oxygens (including phenoxy) is 1. The van der Waals surface area contributed by atoms with E-state index in [0.29, 0.717) is 6.42 Å². The molecule has 1 aromatic carbocycles. The van der Waals surface area contributed by atoms with Gasteiger partial charge in [0.25, 0.3) is 0 Å². The van der Waals surface area contributed by atoms with E-state index in [-0.39, 0.29) is 0 Å². The molecule has 1 fully saturated rings. The van der Waals surface area contributed by atoms with Gasteiger partial charge in [-0.05, 0) is 62.7 Å². The van der Waals surface area contributed by atoms with Gasteiger partial charge in [-0.25, -0.2) is 9.50 Å². The van der Waals surface area contributed by atoms with Crippen LogP contribution in [0.1, 0.15) is 29.2 Å². The van der Waals surface area contributed by atoms with Crippen LogP contribution < -0.4 is 4.74 Å². The summed E-state index contributed by atoms with van der Waals surface area (Å²) in [5.74, 6) is 2.58. The fourth-order valence-electron chi connectivity index (χ4n) is 4.61. The van der Waals surface area contributed by atoms with Crippen LogP contribution in [0.15, 0.2) is 59.2 Å². The van der Waals surface area contributed by atoms with E-state index < -0.39 is 0 Å². The summed E-state index contributed by atoms with van der Waals surface area (Å²) in [6.45, 7) is 6.89. The van der Waals surface area contributed by atoms with Crippen LogP contribution in [-0.4, -0.2) is 71.5 Å². The molecule has 0 aliphatic carbocycles. The molecule has 9 nitrogen and oxygen atoms in total. The topological polar surface area (TPSA) is 86.3 Å². The quantitative estimate of drug-likeness (QED) is 0.222. The first-order valence-corrected chi connectivity index (χ1v) is 14.7. The maximum absolute atomic E-state index is 5.94. The molecule has 0 amide bonds. The summed E-state index contributed by atoms with van der Waals surface area (Å²) in [4.78, 5) is 7.24. The molecule has 0 bridgehead atoms. The number of hydrogen-bond donors (Lipinski definition) is 0. The van der Waals surface area contributed by atoms with Gasteiger partial charge in [0.05, 0.1) is 18.4 Å². The number of benzene rings is 1. The molecule has 1 saturated heterocycles. The fraction of sp³-hybridized carbons (Fsp3) is 0.370. The van der Waals surface area contributed by atoms with Gasteiger partial charge in [-0.3, -0.25) is 9.58 Å². The summed E-state index contributed by atoms with van der Waals surface area (Å²) in [6.07, 6.45) is 7.23. The highest BCUT2D eigenvalue weighted by Crippen LogP contribution is 2.23. The Morgan fingerprint density at radius 1 is 1.03 bits per heavy atom. The zero-order chi connectivity index (χ0) is 25.7. The monoisotopic (exact) mass is 546 g/mol. The first-order chi connectivity index (χ1) is 18.7. The highest BCUT2D eigenvalue weighted by Gasteiger charge is 2.13. The molecule has 196 valence electrons. The van der Waals surface area contributed by atoms with Crippen LogP contribution in [0, 0.1) is 6.92 Å². The first kappa shape index (κ1) is 25.0. The Hall–Kier alpha value is -3.28. The third kappa shape index (κ3) is 6.06. The molecule has 0 radical (unpaired) electrons. The van der Waals surface area contributed by atoms with E-state index >= 15 is 0 Å². The first-order valence-electron chi connectivity index (χ1n) is 12.9. The highest BCUT2D eigenvalue weighted by atomic mass is 32.2. The zero-order valence-corrected chi connectivity index (χ0v) is 23.0. The van der Waals surface area contributed by atoms with Crippen LogP contribution in [0.2, 0.25) is 0 Å². The van der Waals surface area contributed by atoms with Gasteiger partial charge in [-0.1, -0.05) is 41.3 Å². The van der Waals surface area contributed by atoms with Crippen LogP contribution in [-0.2, 0) is 13.0 Å². The number of aryl methyl sites for hydroxylation is 2. The number of hydrogen-bond acceptors (Lipinski definition) is 9. The van der Waals surface area contributed by atoms with Gasteiger partial charge in [0.2, 0.25) is 0 Å². The Bertz CT molecular complexity index is 1490. The molecular weight excluding hydrogens is 516 g/mol. The Morgan fingerprint density at radius 2 is 1.89 bits per heavy atom. The van der Waals surface area contributed by atoms with Crippen molar-refractivity contribution in [2.24, 2.45) is 0 Å². The Labute approximate surface area is 229 Å². The maximum Gasteiger partial charge on any atom is 0.174 e. The second-order valence-corrected chi connectivity index (χ2v) is 11.9. The fourth-order valence-corrected chi connectivity index (χ4v) is 6.42. The van der Waals surface area contributed by atoms with E-state index in [2.05, 4.69) is 44.6 Å². The van der Waals surface area contributed by atoms with Crippen molar-refractivity contribution in [3.05, 3.63) is 71.3 Å². The van der Waals surface area contributed by atoms with Crippen LogP contribution in [0.4, 0.5) is 0 Å².